The number of amides is 1. The Morgan fingerprint density at radius 2 is 2.00 bits per heavy atom. The normalized spacial score (nSPS) is 13.7. The maximum absolute atomic E-state index is 13.3. The van der Waals surface area contributed by atoms with Crippen LogP contribution in [0.3, 0.4) is 0 Å². The molecule has 154 valence electrons. The predicted octanol–water partition coefficient (Wildman–Crippen LogP) is 4.88. The zero-order chi connectivity index (χ0) is 21.1. The van der Waals surface area contributed by atoms with Gasteiger partial charge in [-0.3, -0.25) is 9.36 Å². The first-order chi connectivity index (χ1) is 14.5. The van der Waals surface area contributed by atoms with Crippen molar-refractivity contribution in [3.8, 4) is 11.4 Å². The fourth-order valence-electron chi connectivity index (χ4n) is 3.59. The predicted molar refractivity (Wildman–Crippen MR) is 118 cm³/mol. The number of rotatable bonds is 7. The minimum absolute atomic E-state index is 0.0885. The van der Waals surface area contributed by atoms with Gasteiger partial charge >= 0.3 is 0 Å². The largest absolute Gasteiger partial charge is 0.325 e. The molecular formula is C23H23FN4OS. The van der Waals surface area contributed by atoms with Gasteiger partial charge in [-0.15, -0.1) is 16.8 Å². The highest BCUT2D eigenvalue weighted by Gasteiger charge is 2.21. The summed E-state index contributed by atoms with van der Waals surface area (Å²) in [5, 5.41) is 11.8. The summed E-state index contributed by atoms with van der Waals surface area (Å²) in [6.45, 7) is 6.13. The number of carbonyl (C=O) groups is 1. The molecule has 30 heavy (non-hydrogen) atoms. The third-order valence-corrected chi connectivity index (χ3v) is 6.23. The number of allylic oxidation sites excluding steroid dienone is 1. The molecule has 0 aliphatic heterocycles. The summed E-state index contributed by atoms with van der Waals surface area (Å²) in [7, 11) is 0. The number of fused-ring (bicyclic) bond motifs is 1. The van der Waals surface area contributed by atoms with E-state index in [1.807, 2.05) is 17.6 Å². The molecule has 4 rings (SSSR count). The van der Waals surface area contributed by atoms with E-state index < -0.39 is 0 Å². The van der Waals surface area contributed by atoms with E-state index in [1.165, 1.54) is 41.4 Å². The first-order valence-electron chi connectivity index (χ1n) is 9.94. The van der Waals surface area contributed by atoms with Crippen molar-refractivity contribution in [2.24, 2.45) is 0 Å². The summed E-state index contributed by atoms with van der Waals surface area (Å²) in [4.78, 5) is 12.7. The lowest BCUT2D eigenvalue weighted by Gasteiger charge is -2.13. The van der Waals surface area contributed by atoms with Crippen LogP contribution >= 0.6 is 11.8 Å². The van der Waals surface area contributed by atoms with Gasteiger partial charge in [0.15, 0.2) is 11.0 Å². The Morgan fingerprint density at radius 3 is 2.77 bits per heavy atom. The highest BCUT2D eigenvalue weighted by Crippen LogP contribution is 2.29. The molecule has 1 N–H and O–H groups in total. The second-order valence-electron chi connectivity index (χ2n) is 7.30. The summed E-state index contributed by atoms with van der Waals surface area (Å²) in [6, 6.07) is 12.3. The topological polar surface area (TPSA) is 59.8 Å². The molecule has 1 aromatic heterocycles. The Hall–Kier alpha value is -2.93. The molecule has 0 spiro atoms. The van der Waals surface area contributed by atoms with Crippen LogP contribution in [0.4, 0.5) is 10.1 Å². The number of carbonyl (C=O) groups excluding carboxylic acids is 1. The standard InChI is InChI=1S/C23H23FN4OS/c1-3-13-28-21(17-7-10-19(24)11-8-17)26-27-23(28)30-15(2)22(29)25-20-12-9-16-5-4-6-18(16)14-20/h3,7-12,14-15H,1,4-6,13H2,2H3,(H,25,29)/t15-/m1/s1. The fraction of sp³-hybridized carbons (Fsp3) is 0.261. The number of hydrogen-bond acceptors (Lipinski definition) is 4. The average Bonchev–Trinajstić information content (AvgIpc) is 3.36. The van der Waals surface area contributed by atoms with Crippen molar-refractivity contribution in [2.75, 3.05) is 5.32 Å². The number of benzene rings is 2. The Kier molecular flexibility index (Phi) is 5.99. The zero-order valence-electron chi connectivity index (χ0n) is 16.8. The molecule has 3 aromatic rings. The van der Waals surface area contributed by atoms with Crippen LogP contribution in [0.1, 0.15) is 24.5 Å². The van der Waals surface area contributed by atoms with Crippen molar-refractivity contribution < 1.29 is 9.18 Å². The van der Waals surface area contributed by atoms with E-state index in [0.29, 0.717) is 17.5 Å². The highest BCUT2D eigenvalue weighted by atomic mass is 32.2. The molecule has 1 aliphatic carbocycles. The van der Waals surface area contributed by atoms with Crippen molar-refractivity contribution in [1.82, 2.24) is 14.8 Å². The summed E-state index contributed by atoms with van der Waals surface area (Å²) in [6.07, 6.45) is 5.11. The quantitative estimate of drug-likeness (QED) is 0.436. The van der Waals surface area contributed by atoms with Crippen LogP contribution < -0.4 is 5.32 Å². The van der Waals surface area contributed by atoms with Crippen molar-refractivity contribution in [3.05, 3.63) is 72.1 Å². The van der Waals surface area contributed by atoms with Gasteiger partial charge in [0.05, 0.1) is 5.25 Å². The molecule has 5 nitrogen and oxygen atoms in total. The van der Waals surface area contributed by atoms with Crippen LogP contribution in [0.5, 0.6) is 0 Å². The van der Waals surface area contributed by atoms with Crippen LogP contribution in [-0.4, -0.2) is 25.9 Å². The molecule has 0 saturated heterocycles. The Labute approximate surface area is 179 Å². The van der Waals surface area contributed by atoms with Gasteiger partial charge in [-0.05, 0) is 73.7 Å². The minimum Gasteiger partial charge on any atom is -0.325 e. The van der Waals surface area contributed by atoms with Crippen molar-refractivity contribution in [1.29, 1.82) is 0 Å². The van der Waals surface area contributed by atoms with Crippen molar-refractivity contribution in [2.45, 2.75) is 43.1 Å². The first-order valence-corrected chi connectivity index (χ1v) is 10.8. The van der Waals surface area contributed by atoms with E-state index in [1.54, 1.807) is 18.2 Å². The van der Waals surface area contributed by atoms with E-state index in [4.69, 9.17) is 0 Å². The van der Waals surface area contributed by atoms with Crippen molar-refractivity contribution >= 4 is 23.4 Å². The number of hydrogen-bond donors (Lipinski definition) is 1. The third-order valence-electron chi connectivity index (χ3n) is 5.15. The number of nitrogens with zero attached hydrogens (tertiary/aromatic N) is 3. The Morgan fingerprint density at radius 1 is 1.23 bits per heavy atom. The van der Waals surface area contributed by atoms with E-state index in [0.717, 1.165) is 24.1 Å². The van der Waals surface area contributed by atoms with Gasteiger partial charge in [-0.2, -0.15) is 0 Å². The third kappa shape index (κ3) is 4.31. The smallest absolute Gasteiger partial charge is 0.237 e. The molecule has 1 aliphatic rings. The molecule has 0 fully saturated rings. The van der Waals surface area contributed by atoms with Crippen LogP contribution in [-0.2, 0) is 24.2 Å². The van der Waals surface area contributed by atoms with E-state index in [9.17, 15) is 9.18 Å². The molecule has 1 heterocycles. The Balaban J connectivity index is 1.49. The maximum Gasteiger partial charge on any atom is 0.237 e. The number of aromatic nitrogens is 3. The number of anilines is 1. The first kappa shape index (κ1) is 20.3. The van der Waals surface area contributed by atoms with E-state index in [-0.39, 0.29) is 17.0 Å². The van der Waals surface area contributed by atoms with Gasteiger partial charge in [-0.25, -0.2) is 4.39 Å². The second-order valence-corrected chi connectivity index (χ2v) is 8.61. The van der Waals surface area contributed by atoms with Crippen LogP contribution in [0.25, 0.3) is 11.4 Å². The molecule has 7 heteroatoms. The van der Waals surface area contributed by atoms with Crippen LogP contribution in [0.2, 0.25) is 0 Å². The molecule has 0 unspecified atom stereocenters. The summed E-state index contributed by atoms with van der Waals surface area (Å²) < 4.78 is 15.1. The highest BCUT2D eigenvalue weighted by molar-refractivity contribution is 8.00. The van der Waals surface area contributed by atoms with Gasteiger partial charge in [-0.1, -0.05) is 23.9 Å². The molecular weight excluding hydrogens is 399 g/mol. The fourth-order valence-corrected chi connectivity index (χ4v) is 4.45. The van der Waals surface area contributed by atoms with E-state index >= 15 is 0 Å². The summed E-state index contributed by atoms with van der Waals surface area (Å²) in [5.74, 6) is 0.220. The molecule has 0 bridgehead atoms. The van der Waals surface area contributed by atoms with Crippen molar-refractivity contribution in [3.63, 3.8) is 0 Å². The molecule has 0 saturated carbocycles. The minimum atomic E-state index is -0.368. The van der Waals surface area contributed by atoms with Crippen LogP contribution in [0.15, 0.2) is 60.3 Å². The maximum atomic E-state index is 13.3. The number of halogens is 1. The SMILES string of the molecule is C=CCn1c(S[C@H](C)C(=O)Nc2ccc3c(c2)CCC3)nnc1-c1ccc(F)cc1. The number of thioether (sulfide) groups is 1. The average molecular weight is 423 g/mol. The number of nitrogens with one attached hydrogen (secondary N) is 1. The van der Waals surface area contributed by atoms with Gasteiger partial charge < -0.3 is 5.32 Å². The lowest BCUT2D eigenvalue weighted by molar-refractivity contribution is -0.115. The van der Waals surface area contributed by atoms with Gasteiger partial charge in [0.2, 0.25) is 5.91 Å². The summed E-state index contributed by atoms with van der Waals surface area (Å²) >= 11 is 1.34. The summed E-state index contributed by atoms with van der Waals surface area (Å²) in [5.41, 5.74) is 4.28. The molecule has 1 amide bonds. The molecule has 1 atom stereocenters. The number of aryl methyl sites for hydroxylation is 2. The lowest BCUT2D eigenvalue weighted by Crippen LogP contribution is -2.23. The van der Waals surface area contributed by atoms with E-state index in [2.05, 4.69) is 34.2 Å². The second kappa shape index (κ2) is 8.83. The van der Waals surface area contributed by atoms with Gasteiger partial charge in [0.25, 0.3) is 0 Å². The molecule has 0 radical (unpaired) electrons. The van der Waals surface area contributed by atoms with Crippen LogP contribution in [0, 0.1) is 5.82 Å². The van der Waals surface area contributed by atoms with Gasteiger partial charge in [0.1, 0.15) is 5.82 Å². The lowest BCUT2D eigenvalue weighted by atomic mass is 10.1. The van der Waals surface area contributed by atoms with Gasteiger partial charge in [0, 0.05) is 17.8 Å². The monoisotopic (exact) mass is 422 g/mol. The Bertz CT molecular complexity index is 1080. The molecule has 2 aromatic carbocycles. The zero-order valence-corrected chi connectivity index (χ0v) is 17.6.